The number of methoxy groups -OCH3 is 1. The second kappa shape index (κ2) is 8.19. The van der Waals surface area contributed by atoms with Gasteiger partial charge in [0.25, 0.3) is 0 Å². The van der Waals surface area contributed by atoms with Crippen molar-refractivity contribution in [2.45, 2.75) is 19.8 Å². The molecule has 0 N–H and O–H groups in total. The van der Waals surface area contributed by atoms with Gasteiger partial charge in [-0.1, -0.05) is 0 Å². The van der Waals surface area contributed by atoms with Gasteiger partial charge in [0.15, 0.2) is 9.84 Å². The molecule has 0 saturated carbocycles. The fourth-order valence-corrected chi connectivity index (χ4v) is 2.27. The summed E-state index contributed by atoms with van der Waals surface area (Å²) in [6, 6.07) is 0. The molecule has 0 aromatic rings. The van der Waals surface area contributed by atoms with E-state index in [1.165, 1.54) is 7.11 Å². The summed E-state index contributed by atoms with van der Waals surface area (Å²) < 4.78 is 32.0. The van der Waals surface area contributed by atoms with Crippen molar-refractivity contribution in [3.8, 4) is 0 Å². The maximum absolute atomic E-state index is 11.4. The third-order valence-electron chi connectivity index (χ3n) is 1.89. The molecule has 0 atom stereocenters. The summed E-state index contributed by atoms with van der Waals surface area (Å²) in [5, 5.41) is 0. The summed E-state index contributed by atoms with van der Waals surface area (Å²) in [5.41, 5.74) is 0. The van der Waals surface area contributed by atoms with E-state index < -0.39 is 27.3 Å². The largest absolute Gasteiger partial charge is 0.466 e. The van der Waals surface area contributed by atoms with E-state index in [-0.39, 0.29) is 31.8 Å². The van der Waals surface area contributed by atoms with Gasteiger partial charge in [0.05, 0.1) is 25.4 Å². The van der Waals surface area contributed by atoms with Crippen LogP contribution in [0.4, 0.5) is 0 Å². The standard InChI is InChI=1S/C10H18O6S/c1-3-16-10(12)5-4-9(11)8-17(13,14)7-6-15-2/h3-8H2,1-2H3. The van der Waals surface area contributed by atoms with Gasteiger partial charge in [-0.3, -0.25) is 9.59 Å². The number of carbonyl (C=O) groups is 2. The quantitative estimate of drug-likeness (QED) is 0.544. The van der Waals surface area contributed by atoms with E-state index in [1.54, 1.807) is 6.92 Å². The van der Waals surface area contributed by atoms with Crippen LogP contribution < -0.4 is 0 Å². The van der Waals surface area contributed by atoms with Gasteiger partial charge in [-0.2, -0.15) is 0 Å². The number of ketones is 1. The Morgan fingerprint density at radius 1 is 1.18 bits per heavy atom. The molecule has 0 saturated heterocycles. The average Bonchev–Trinajstić information content (AvgIpc) is 2.23. The summed E-state index contributed by atoms with van der Waals surface area (Å²) in [4.78, 5) is 22.2. The predicted molar refractivity (Wildman–Crippen MR) is 61.4 cm³/mol. The summed E-state index contributed by atoms with van der Waals surface area (Å²) in [6.07, 6.45) is -0.183. The van der Waals surface area contributed by atoms with E-state index in [0.717, 1.165) is 0 Å². The van der Waals surface area contributed by atoms with Crippen LogP contribution in [-0.4, -0.2) is 52.0 Å². The fraction of sp³-hybridized carbons (Fsp3) is 0.800. The topological polar surface area (TPSA) is 86.7 Å². The molecule has 100 valence electrons. The van der Waals surface area contributed by atoms with E-state index in [4.69, 9.17) is 0 Å². The first-order valence-corrected chi connectivity index (χ1v) is 7.10. The Kier molecular flexibility index (Phi) is 7.73. The second-order valence-corrected chi connectivity index (χ2v) is 5.61. The van der Waals surface area contributed by atoms with E-state index in [2.05, 4.69) is 9.47 Å². The van der Waals surface area contributed by atoms with Crippen LogP contribution >= 0.6 is 0 Å². The van der Waals surface area contributed by atoms with E-state index >= 15 is 0 Å². The zero-order valence-electron chi connectivity index (χ0n) is 10.1. The van der Waals surface area contributed by atoms with Crippen LogP contribution in [0.2, 0.25) is 0 Å². The molecule has 0 unspecified atom stereocenters. The monoisotopic (exact) mass is 266 g/mol. The van der Waals surface area contributed by atoms with Crippen LogP contribution in [0.1, 0.15) is 19.8 Å². The summed E-state index contributed by atoms with van der Waals surface area (Å²) in [5.74, 6) is -1.70. The molecule has 0 aliphatic carbocycles. The number of hydrogen-bond acceptors (Lipinski definition) is 6. The van der Waals surface area contributed by atoms with Crippen molar-refractivity contribution in [1.29, 1.82) is 0 Å². The Bertz CT molecular complexity index is 346. The predicted octanol–water partition coefficient (Wildman–Crippen LogP) is -0.0400. The van der Waals surface area contributed by atoms with Gasteiger partial charge in [-0.25, -0.2) is 8.42 Å². The fourth-order valence-electron chi connectivity index (χ4n) is 1.07. The Hall–Kier alpha value is -0.950. The number of Topliss-reactive ketones (excluding diaryl/α,β-unsaturated/α-hetero) is 1. The second-order valence-electron chi connectivity index (χ2n) is 3.43. The lowest BCUT2D eigenvalue weighted by Gasteiger charge is -2.03. The Labute approximate surface area is 101 Å². The van der Waals surface area contributed by atoms with Crippen molar-refractivity contribution in [2.24, 2.45) is 0 Å². The Balaban J connectivity index is 3.97. The Morgan fingerprint density at radius 3 is 2.35 bits per heavy atom. The van der Waals surface area contributed by atoms with Crippen molar-refractivity contribution in [2.75, 3.05) is 31.8 Å². The number of carbonyl (C=O) groups excluding carboxylic acids is 2. The number of hydrogen-bond donors (Lipinski definition) is 0. The molecular weight excluding hydrogens is 248 g/mol. The third-order valence-corrected chi connectivity index (χ3v) is 3.44. The van der Waals surface area contributed by atoms with E-state index in [0.29, 0.717) is 0 Å². The highest BCUT2D eigenvalue weighted by molar-refractivity contribution is 7.92. The lowest BCUT2D eigenvalue weighted by molar-refractivity contribution is -0.144. The van der Waals surface area contributed by atoms with Crippen molar-refractivity contribution in [3.63, 3.8) is 0 Å². The van der Waals surface area contributed by atoms with Crippen molar-refractivity contribution in [3.05, 3.63) is 0 Å². The molecule has 0 aliphatic heterocycles. The molecule has 0 radical (unpaired) electrons. The molecule has 0 fully saturated rings. The smallest absolute Gasteiger partial charge is 0.306 e. The highest BCUT2D eigenvalue weighted by Crippen LogP contribution is 1.99. The number of esters is 1. The highest BCUT2D eigenvalue weighted by Gasteiger charge is 2.17. The van der Waals surface area contributed by atoms with Crippen molar-refractivity contribution < 1.29 is 27.5 Å². The first-order valence-electron chi connectivity index (χ1n) is 5.28. The normalized spacial score (nSPS) is 11.2. The number of ether oxygens (including phenoxy) is 2. The van der Waals surface area contributed by atoms with Gasteiger partial charge in [0.1, 0.15) is 11.5 Å². The maximum Gasteiger partial charge on any atom is 0.306 e. The van der Waals surface area contributed by atoms with Gasteiger partial charge in [-0.05, 0) is 6.92 Å². The molecule has 0 bridgehead atoms. The molecule has 0 amide bonds. The minimum atomic E-state index is -3.43. The summed E-state index contributed by atoms with van der Waals surface area (Å²) in [6.45, 7) is 1.97. The van der Waals surface area contributed by atoms with Crippen molar-refractivity contribution in [1.82, 2.24) is 0 Å². The van der Waals surface area contributed by atoms with E-state index in [9.17, 15) is 18.0 Å². The molecular formula is C10H18O6S. The minimum Gasteiger partial charge on any atom is -0.466 e. The molecule has 0 aromatic heterocycles. The average molecular weight is 266 g/mol. The Morgan fingerprint density at radius 2 is 1.82 bits per heavy atom. The lowest BCUT2D eigenvalue weighted by Crippen LogP contribution is -2.21. The zero-order valence-corrected chi connectivity index (χ0v) is 10.9. The highest BCUT2D eigenvalue weighted by atomic mass is 32.2. The third kappa shape index (κ3) is 8.82. The van der Waals surface area contributed by atoms with Crippen LogP contribution in [-0.2, 0) is 28.9 Å². The van der Waals surface area contributed by atoms with Crippen LogP contribution in [0, 0.1) is 0 Å². The number of sulfone groups is 1. The SMILES string of the molecule is CCOC(=O)CCC(=O)CS(=O)(=O)CCOC. The molecule has 0 aromatic carbocycles. The molecule has 0 spiro atoms. The van der Waals surface area contributed by atoms with Crippen LogP contribution in [0.15, 0.2) is 0 Å². The van der Waals surface area contributed by atoms with Crippen LogP contribution in [0.25, 0.3) is 0 Å². The van der Waals surface area contributed by atoms with Gasteiger partial charge < -0.3 is 9.47 Å². The van der Waals surface area contributed by atoms with Crippen LogP contribution in [0.5, 0.6) is 0 Å². The van der Waals surface area contributed by atoms with E-state index in [1.807, 2.05) is 0 Å². The molecule has 6 nitrogen and oxygen atoms in total. The first kappa shape index (κ1) is 16.1. The minimum absolute atomic E-state index is 0.0630. The molecule has 7 heteroatoms. The zero-order chi connectivity index (χ0) is 13.3. The maximum atomic E-state index is 11.4. The lowest BCUT2D eigenvalue weighted by atomic mass is 10.2. The van der Waals surface area contributed by atoms with Gasteiger partial charge in [0.2, 0.25) is 0 Å². The number of rotatable bonds is 9. The summed E-state index contributed by atoms with van der Waals surface area (Å²) in [7, 11) is -2.04. The van der Waals surface area contributed by atoms with Gasteiger partial charge in [-0.15, -0.1) is 0 Å². The van der Waals surface area contributed by atoms with Crippen LogP contribution in [0.3, 0.4) is 0 Å². The molecule has 17 heavy (non-hydrogen) atoms. The van der Waals surface area contributed by atoms with Gasteiger partial charge >= 0.3 is 5.97 Å². The van der Waals surface area contributed by atoms with Crippen molar-refractivity contribution >= 4 is 21.6 Å². The summed E-state index contributed by atoms with van der Waals surface area (Å²) >= 11 is 0. The molecule has 0 aliphatic rings. The molecule has 0 heterocycles. The molecule has 0 rings (SSSR count). The van der Waals surface area contributed by atoms with Gasteiger partial charge in [0, 0.05) is 13.5 Å². The first-order chi connectivity index (χ1) is 7.91.